The number of halogens is 4. The molecule has 11 heteroatoms. The zero-order chi connectivity index (χ0) is 23.8. The number of hydrogen-bond donors (Lipinski definition) is 1. The molecule has 0 radical (unpaired) electrons. The van der Waals surface area contributed by atoms with E-state index in [1.54, 1.807) is 6.07 Å². The van der Waals surface area contributed by atoms with Gasteiger partial charge in [-0.2, -0.15) is 4.98 Å². The van der Waals surface area contributed by atoms with E-state index < -0.39 is 18.1 Å². The van der Waals surface area contributed by atoms with Gasteiger partial charge in [0.05, 0.1) is 24.9 Å². The molecule has 2 aromatic carbocycles. The lowest BCUT2D eigenvalue weighted by atomic mass is 10.1. The molecule has 2 aliphatic rings. The predicted octanol–water partition coefficient (Wildman–Crippen LogP) is 3.75. The number of benzene rings is 2. The van der Waals surface area contributed by atoms with Gasteiger partial charge in [-0.05, 0) is 30.3 Å². The first-order valence-corrected chi connectivity index (χ1v) is 10.5. The summed E-state index contributed by atoms with van der Waals surface area (Å²) in [6, 6.07) is 7.66. The normalized spacial score (nSPS) is 17.8. The van der Waals surface area contributed by atoms with Gasteiger partial charge >= 0.3 is 0 Å². The number of aromatic nitrogens is 3. The van der Waals surface area contributed by atoms with Gasteiger partial charge in [0.15, 0.2) is 0 Å². The van der Waals surface area contributed by atoms with E-state index in [1.165, 1.54) is 12.1 Å². The van der Waals surface area contributed by atoms with Crippen molar-refractivity contribution in [2.24, 2.45) is 0 Å². The molecule has 33 heavy (non-hydrogen) atoms. The Labute approximate surface area is 189 Å². The average molecular weight is 463 g/mol. The van der Waals surface area contributed by atoms with E-state index in [1.807, 2.05) is 4.90 Å². The highest BCUT2D eigenvalue weighted by Gasteiger charge is 2.29. The third kappa shape index (κ3) is 4.79. The van der Waals surface area contributed by atoms with E-state index in [9.17, 15) is 17.6 Å². The summed E-state index contributed by atoms with van der Waals surface area (Å²) >= 11 is 0. The second kappa shape index (κ2) is 8.99. The van der Waals surface area contributed by atoms with Crippen molar-refractivity contribution >= 4 is 17.3 Å². The predicted molar refractivity (Wildman–Crippen MR) is 114 cm³/mol. The van der Waals surface area contributed by atoms with E-state index in [-0.39, 0.29) is 23.5 Å². The Morgan fingerprint density at radius 1 is 0.970 bits per heavy atom. The van der Waals surface area contributed by atoms with E-state index in [0.29, 0.717) is 36.6 Å². The number of ether oxygens (including phenoxy) is 1. The van der Waals surface area contributed by atoms with Crippen molar-refractivity contribution in [3.8, 4) is 5.69 Å². The summed E-state index contributed by atoms with van der Waals surface area (Å²) in [5.74, 6) is -1.70. The first kappa shape index (κ1) is 20.4. The number of piperazine rings is 1. The molecule has 1 N–H and O–H groups in total. The van der Waals surface area contributed by atoms with E-state index in [2.05, 4.69) is 20.3 Å². The summed E-state index contributed by atoms with van der Waals surface area (Å²) in [6.45, 7) is 4.47. The lowest BCUT2D eigenvalue weighted by Crippen LogP contribution is -2.56. The molecule has 0 atom stereocenters. The molecule has 2 fully saturated rings. The molecule has 7 nitrogen and oxygen atoms in total. The quantitative estimate of drug-likeness (QED) is 0.562. The van der Waals surface area contributed by atoms with Gasteiger partial charge in [-0.25, -0.2) is 22.2 Å². The van der Waals surface area contributed by atoms with Crippen molar-refractivity contribution < 1.29 is 23.7 Å². The number of alkyl halides is 2. The number of nitrogens with zero attached hydrogens (tertiary/aromatic N) is 5. The molecule has 1 aromatic heterocycles. The van der Waals surface area contributed by atoms with Gasteiger partial charge in [0.1, 0.15) is 19.3 Å². The standard InChI is InChI=1S/C22H22F4N6O/c23-15-7-16(24)9-19(8-15)32-13-27-22(29-32)28-17-5-14(21(25)26)6-18(10-17)30-1-3-31(4-2-30)20-11-33-12-20/h5-10,13,20-21H,1-4,11-12H2,(H,28,29)/i13D. The van der Waals surface area contributed by atoms with Gasteiger partial charge in [-0.1, -0.05) is 0 Å². The van der Waals surface area contributed by atoms with Crippen LogP contribution in [0, 0.1) is 11.6 Å². The van der Waals surface area contributed by atoms with Gasteiger partial charge in [0.25, 0.3) is 6.43 Å². The van der Waals surface area contributed by atoms with E-state index >= 15 is 0 Å². The van der Waals surface area contributed by atoms with Crippen LogP contribution in [-0.4, -0.2) is 65.1 Å². The summed E-state index contributed by atoms with van der Waals surface area (Å²) in [5, 5.41) is 6.92. The Morgan fingerprint density at radius 3 is 2.33 bits per heavy atom. The second-order valence-electron chi connectivity index (χ2n) is 8.03. The largest absolute Gasteiger partial charge is 0.378 e. The molecule has 3 heterocycles. The van der Waals surface area contributed by atoms with Crippen molar-refractivity contribution in [1.29, 1.82) is 0 Å². The van der Waals surface area contributed by atoms with Crippen LogP contribution in [0.5, 0.6) is 0 Å². The zero-order valence-corrected chi connectivity index (χ0v) is 17.5. The molecule has 0 unspecified atom stereocenters. The number of anilines is 3. The number of nitrogens with one attached hydrogen (secondary N) is 1. The van der Waals surface area contributed by atoms with Crippen LogP contribution >= 0.6 is 0 Å². The minimum Gasteiger partial charge on any atom is -0.378 e. The Balaban J connectivity index is 1.37. The Morgan fingerprint density at radius 2 is 1.70 bits per heavy atom. The maximum absolute atomic E-state index is 13.6. The first-order valence-electron chi connectivity index (χ1n) is 11.0. The van der Waals surface area contributed by atoms with Crippen LogP contribution in [0.15, 0.2) is 42.7 Å². The molecule has 0 amide bonds. The molecule has 2 saturated heterocycles. The summed E-state index contributed by atoms with van der Waals surface area (Å²) in [4.78, 5) is 8.34. The summed E-state index contributed by atoms with van der Waals surface area (Å²) in [6.07, 6.45) is -3.05. The van der Waals surface area contributed by atoms with Crippen LogP contribution in [0.2, 0.25) is 0 Å². The summed E-state index contributed by atoms with van der Waals surface area (Å²) < 4.78 is 68.6. The number of hydrogen-bond acceptors (Lipinski definition) is 6. The molecule has 174 valence electrons. The van der Waals surface area contributed by atoms with Crippen LogP contribution < -0.4 is 10.2 Å². The fourth-order valence-corrected chi connectivity index (χ4v) is 3.99. The van der Waals surface area contributed by atoms with Crippen LogP contribution in [0.25, 0.3) is 5.69 Å². The number of rotatable bonds is 6. The lowest BCUT2D eigenvalue weighted by Gasteiger charge is -2.43. The SMILES string of the molecule is [2H]c1nc(Nc2cc(C(F)F)cc(N3CCN(C4COC4)CC3)c2)nn1-c1cc(F)cc(F)c1. The van der Waals surface area contributed by atoms with Gasteiger partial charge in [0, 0.05) is 49.2 Å². The Bertz CT molecular complexity index is 1160. The monoisotopic (exact) mass is 463 g/mol. The molecule has 0 aliphatic carbocycles. The third-order valence-corrected chi connectivity index (χ3v) is 5.80. The summed E-state index contributed by atoms with van der Waals surface area (Å²) in [5.41, 5.74) is 0.792. The Kier molecular flexibility index (Phi) is 5.56. The summed E-state index contributed by atoms with van der Waals surface area (Å²) in [7, 11) is 0. The van der Waals surface area contributed by atoms with Gasteiger partial charge < -0.3 is 15.0 Å². The molecule has 0 bridgehead atoms. The highest BCUT2D eigenvalue weighted by molar-refractivity contribution is 5.64. The van der Waals surface area contributed by atoms with Crippen molar-refractivity contribution in [1.82, 2.24) is 19.7 Å². The highest BCUT2D eigenvalue weighted by atomic mass is 19.3. The van der Waals surface area contributed by atoms with Crippen molar-refractivity contribution in [2.45, 2.75) is 12.5 Å². The molecule has 5 rings (SSSR count). The first-order chi connectivity index (χ1) is 16.4. The average Bonchev–Trinajstić information content (AvgIpc) is 3.12. The third-order valence-electron chi connectivity index (χ3n) is 5.80. The maximum Gasteiger partial charge on any atom is 0.263 e. The second-order valence-corrected chi connectivity index (χ2v) is 8.03. The van der Waals surface area contributed by atoms with E-state index in [0.717, 1.165) is 43.1 Å². The smallest absolute Gasteiger partial charge is 0.263 e. The highest BCUT2D eigenvalue weighted by Crippen LogP contribution is 2.31. The van der Waals surface area contributed by atoms with Crippen LogP contribution in [0.4, 0.5) is 34.9 Å². The van der Waals surface area contributed by atoms with Crippen LogP contribution in [0.1, 0.15) is 13.4 Å². The van der Waals surface area contributed by atoms with E-state index in [4.69, 9.17) is 6.11 Å². The molecule has 3 aromatic rings. The minimum atomic E-state index is -2.68. The van der Waals surface area contributed by atoms with Crippen molar-refractivity contribution in [3.05, 3.63) is 59.9 Å². The minimum absolute atomic E-state index is 0.0141. The molecular weight excluding hydrogens is 440 g/mol. The topological polar surface area (TPSA) is 58.5 Å². The molecule has 0 saturated carbocycles. The fraction of sp³-hybridized carbons (Fsp3) is 0.364. The molecule has 2 aliphatic heterocycles. The Hall–Kier alpha value is -3.18. The van der Waals surface area contributed by atoms with Gasteiger partial charge in [0.2, 0.25) is 5.95 Å². The van der Waals surface area contributed by atoms with Gasteiger partial charge in [-0.3, -0.25) is 4.90 Å². The maximum atomic E-state index is 13.6. The van der Waals surface area contributed by atoms with Crippen LogP contribution in [-0.2, 0) is 4.74 Å². The van der Waals surface area contributed by atoms with Crippen LogP contribution in [0.3, 0.4) is 0 Å². The van der Waals surface area contributed by atoms with Crippen molar-refractivity contribution in [3.63, 3.8) is 0 Å². The zero-order valence-electron chi connectivity index (χ0n) is 18.5. The molecular formula is C22H22F4N6O. The lowest BCUT2D eigenvalue weighted by molar-refractivity contribution is -0.0660. The molecule has 0 spiro atoms. The van der Waals surface area contributed by atoms with Gasteiger partial charge in [-0.15, -0.1) is 5.10 Å². The fourth-order valence-electron chi connectivity index (χ4n) is 3.99. The van der Waals surface area contributed by atoms with Crippen molar-refractivity contribution in [2.75, 3.05) is 49.6 Å².